The first-order valence-corrected chi connectivity index (χ1v) is 7.75. The molecule has 0 radical (unpaired) electrons. The van der Waals surface area contributed by atoms with Crippen LogP contribution in [0.3, 0.4) is 0 Å². The second kappa shape index (κ2) is 7.84. The van der Waals surface area contributed by atoms with Gasteiger partial charge < -0.3 is 10.5 Å². The Kier molecular flexibility index (Phi) is 5.82. The summed E-state index contributed by atoms with van der Waals surface area (Å²) in [6.07, 6.45) is 2.42. The number of benzene rings is 2. The molecule has 2 aromatic carbocycles. The first kappa shape index (κ1) is 15.6. The smallest absolute Gasteiger partial charge is 0.119 e. The van der Waals surface area contributed by atoms with Gasteiger partial charge in [-0.15, -0.1) is 0 Å². The van der Waals surface area contributed by atoms with Gasteiger partial charge in [-0.2, -0.15) is 0 Å². The largest absolute Gasteiger partial charge is 0.493 e. The molecule has 2 nitrogen and oxygen atoms in total. The fourth-order valence-corrected chi connectivity index (χ4v) is 2.39. The monoisotopic (exact) mass is 283 g/mol. The van der Waals surface area contributed by atoms with E-state index in [9.17, 15) is 0 Å². The molecule has 0 aliphatic rings. The zero-order valence-corrected chi connectivity index (χ0v) is 13.0. The zero-order valence-electron chi connectivity index (χ0n) is 13.0. The minimum absolute atomic E-state index is 0.586. The average Bonchev–Trinajstić information content (AvgIpc) is 2.54. The average molecular weight is 283 g/mol. The van der Waals surface area contributed by atoms with Crippen LogP contribution in [0.5, 0.6) is 5.75 Å². The van der Waals surface area contributed by atoms with Crippen molar-refractivity contribution in [3.8, 4) is 16.9 Å². The Morgan fingerprint density at radius 2 is 1.52 bits per heavy atom. The maximum absolute atomic E-state index is 5.83. The summed E-state index contributed by atoms with van der Waals surface area (Å²) >= 11 is 0. The lowest BCUT2D eigenvalue weighted by atomic mass is 10.0. The quantitative estimate of drug-likeness (QED) is 0.804. The molecule has 0 spiro atoms. The van der Waals surface area contributed by atoms with Crippen molar-refractivity contribution in [3.05, 3.63) is 54.1 Å². The van der Waals surface area contributed by atoms with Crippen molar-refractivity contribution >= 4 is 0 Å². The van der Waals surface area contributed by atoms with Crippen LogP contribution >= 0.6 is 0 Å². The van der Waals surface area contributed by atoms with Crippen molar-refractivity contribution < 1.29 is 4.74 Å². The summed E-state index contributed by atoms with van der Waals surface area (Å²) in [7, 11) is 0. The fraction of sp³-hybridized carbons (Fsp3) is 0.368. The standard InChI is InChI=1S/C19H25NO/c1-3-4-15(2)14-21-19-11-9-18(10-12-19)17-7-5-16(13-20)6-8-17/h5-12,15H,3-4,13-14,20H2,1-2H3. The summed E-state index contributed by atoms with van der Waals surface area (Å²) in [5.74, 6) is 1.55. The van der Waals surface area contributed by atoms with E-state index in [4.69, 9.17) is 10.5 Å². The molecule has 21 heavy (non-hydrogen) atoms. The van der Waals surface area contributed by atoms with Crippen LogP contribution in [0.15, 0.2) is 48.5 Å². The molecule has 112 valence electrons. The van der Waals surface area contributed by atoms with Gasteiger partial charge in [-0.1, -0.05) is 56.7 Å². The van der Waals surface area contributed by atoms with E-state index in [1.807, 2.05) is 12.1 Å². The van der Waals surface area contributed by atoms with Gasteiger partial charge in [-0.05, 0) is 41.2 Å². The summed E-state index contributed by atoms with van der Waals surface area (Å²) in [6.45, 7) is 5.82. The van der Waals surface area contributed by atoms with Crippen molar-refractivity contribution in [2.75, 3.05) is 6.61 Å². The minimum atomic E-state index is 0.586. The third-order valence-corrected chi connectivity index (χ3v) is 3.69. The first-order valence-electron chi connectivity index (χ1n) is 7.75. The van der Waals surface area contributed by atoms with Crippen LogP contribution in [0.25, 0.3) is 11.1 Å². The predicted molar refractivity (Wildman–Crippen MR) is 89.3 cm³/mol. The van der Waals surface area contributed by atoms with E-state index in [-0.39, 0.29) is 0 Å². The summed E-state index contributed by atoms with van der Waals surface area (Å²) in [4.78, 5) is 0. The Labute approximate surface area is 127 Å². The van der Waals surface area contributed by atoms with Gasteiger partial charge in [0, 0.05) is 6.54 Å². The highest BCUT2D eigenvalue weighted by Crippen LogP contribution is 2.23. The van der Waals surface area contributed by atoms with Crippen LogP contribution < -0.4 is 10.5 Å². The van der Waals surface area contributed by atoms with Crippen molar-refractivity contribution in [3.63, 3.8) is 0 Å². The van der Waals surface area contributed by atoms with Crippen LogP contribution in [-0.2, 0) is 6.54 Å². The fourth-order valence-electron chi connectivity index (χ4n) is 2.39. The van der Waals surface area contributed by atoms with Gasteiger partial charge >= 0.3 is 0 Å². The van der Waals surface area contributed by atoms with Crippen molar-refractivity contribution in [2.24, 2.45) is 11.7 Å². The summed E-state index contributed by atoms with van der Waals surface area (Å²) < 4.78 is 5.83. The van der Waals surface area contributed by atoms with Gasteiger partial charge in [0.05, 0.1) is 6.61 Å². The molecule has 0 fully saturated rings. The van der Waals surface area contributed by atoms with Gasteiger partial charge in [0.2, 0.25) is 0 Å². The molecular weight excluding hydrogens is 258 g/mol. The van der Waals surface area contributed by atoms with E-state index in [2.05, 4.69) is 50.2 Å². The van der Waals surface area contributed by atoms with E-state index in [0.29, 0.717) is 12.5 Å². The normalized spacial score (nSPS) is 12.1. The lowest BCUT2D eigenvalue weighted by Gasteiger charge is -2.12. The molecule has 0 aliphatic carbocycles. The second-order valence-corrected chi connectivity index (χ2v) is 5.63. The van der Waals surface area contributed by atoms with Crippen molar-refractivity contribution in [1.29, 1.82) is 0 Å². The molecule has 0 saturated carbocycles. The molecule has 1 unspecified atom stereocenters. The van der Waals surface area contributed by atoms with Gasteiger partial charge in [0.25, 0.3) is 0 Å². The molecule has 0 aliphatic heterocycles. The number of hydrogen-bond donors (Lipinski definition) is 1. The Morgan fingerprint density at radius 1 is 0.952 bits per heavy atom. The summed E-state index contributed by atoms with van der Waals surface area (Å²) in [6, 6.07) is 16.7. The molecule has 2 rings (SSSR count). The summed E-state index contributed by atoms with van der Waals surface area (Å²) in [5.41, 5.74) is 9.19. The molecule has 2 heteroatoms. The van der Waals surface area contributed by atoms with Crippen molar-refractivity contribution in [2.45, 2.75) is 33.2 Å². The van der Waals surface area contributed by atoms with Gasteiger partial charge in [0.1, 0.15) is 5.75 Å². The van der Waals surface area contributed by atoms with Crippen molar-refractivity contribution in [1.82, 2.24) is 0 Å². The highest BCUT2D eigenvalue weighted by atomic mass is 16.5. The molecule has 0 aromatic heterocycles. The van der Waals surface area contributed by atoms with E-state index in [1.165, 1.54) is 24.0 Å². The maximum atomic E-state index is 5.83. The SMILES string of the molecule is CCCC(C)COc1ccc(-c2ccc(CN)cc2)cc1. The zero-order chi connectivity index (χ0) is 15.1. The van der Waals surface area contributed by atoms with Crippen LogP contribution in [0.4, 0.5) is 0 Å². The lowest BCUT2D eigenvalue weighted by Crippen LogP contribution is -2.07. The Morgan fingerprint density at radius 3 is 2.05 bits per heavy atom. The Hall–Kier alpha value is -1.80. The highest BCUT2D eigenvalue weighted by Gasteiger charge is 2.03. The molecular formula is C19H25NO. The second-order valence-electron chi connectivity index (χ2n) is 5.63. The van der Waals surface area contributed by atoms with E-state index in [1.54, 1.807) is 0 Å². The molecule has 2 N–H and O–H groups in total. The van der Waals surface area contributed by atoms with Crippen LogP contribution in [0.1, 0.15) is 32.3 Å². The summed E-state index contributed by atoms with van der Waals surface area (Å²) in [5, 5.41) is 0. The Bertz CT molecular complexity index is 530. The minimum Gasteiger partial charge on any atom is -0.493 e. The number of nitrogens with two attached hydrogens (primary N) is 1. The van der Waals surface area contributed by atoms with Crippen LogP contribution in [0, 0.1) is 5.92 Å². The highest BCUT2D eigenvalue weighted by molar-refractivity contribution is 5.64. The molecule has 0 bridgehead atoms. The topological polar surface area (TPSA) is 35.2 Å². The number of hydrogen-bond acceptors (Lipinski definition) is 2. The Balaban J connectivity index is 1.97. The van der Waals surface area contributed by atoms with E-state index >= 15 is 0 Å². The van der Waals surface area contributed by atoms with Crippen LogP contribution in [-0.4, -0.2) is 6.61 Å². The third-order valence-electron chi connectivity index (χ3n) is 3.69. The van der Waals surface area contributed by atoms with Gasteiger partial charge in [0.15, 0.2) is 0 Å². The number of ether oxygens (including phenoxy) is 1. The number of rotatable bonds is 7. The predicted octanol–water partition coefficient (Wildman–Crippen LogP) is 4.63. The lowest BCUT2D eigenvalue weighted by molar-refractivity contribution is 0.251. The molecule has 0 amide bonds. The molecule has 1 atom stereocenters. The molecule has 0 heterocycles. The third kappa shape index (κ3) is 4.61. The molecule has 2 aromatic rings. The van der Waals surface area contributed by atoms with Gasteiger partial charge in [-0.25, -0.2) is 0 Å². The maximum Gasteiger partial charge on any atom is 0.119 e. The molecule has 0 saturated heterocycles. The van der Waals surface area contributed by atoms with Gasteiger partial charge in [-0.3, -0.25) is 0 Å². The first-order chi connectivity index (χ1) is 10.2. The van der Waals surface area contributed by atoms with E-state index in [0.717, 1.165) is 17.9 Å². The van der Waals surface area contributed by atoms with Crippen LogP contribution in [0.2, 0.25) is 0 Å². The van der Waals surface area contributed by atoms with E-state index < -0.39 is 0 Å².